The van der Waals surface area contributed by atoms with E-state index >= 15 is 0 Å². The molecule has 1 aliphatic heterocycles. The van der Waals surface area contributed by atoms with Gasteiger partial charge in [0.1, 0.15) is 0 Å². The molecule has 0 aliphatic carbocycles. The monoisotopic (exact) mass is 212 g/mol. The molecule has 1 fully saturated rings. The minimum absolute atomic E-state index is 0.771. The van der Waals surface area contributed by atoms with Gasteiger partial charge in [0.05, 0.1) is 0 Å². The van der Waals surface area contributed by atoms with Gasteiger partial charge in [-0.25, -0.2) is 0 Å². The highest BCUT2D eigenvalue weighted by atomic mass is 15.2. The van der Waals surface area contributed by atoms with Crippen molar-refractivity contribution in [2.45, 2.75) is 52.5 Å². The van der Waals surface area contributed by atoms with E-state index in [1.54, 1.807) is 0 Å². The molecule has 15 heavy (non-hydrogen) atoms. The summed E-state index contributed by atoms with van der Waals surface area (Å²) in [6, 6.07) is 0.771. The molecule has 0 aromatic carbocycles. The van der Waals surface area contributed by atoms with Crippen molar-refractivity contribution in [3.8, 4) is 0 Å². The molecule has 2 heteroatoms. The Kier molecular flexibility index (Phi) is 6.26. The van der Waals surface area contributed by atoms with Gasteiger partial charge in [0.2, 0.25) is 0 Å². The van der Waals surface area contributed by atoms with Gasteiger partial charge in [-0.3, -0.25) is 4.90 Å². The summed E-state index contributed by atoms with van der Waals surface area (Å²) < 4.78 is 0. The minimum atomic E-state index is 0.771. The molecular weight excluding hydrogens is 184 g/mol. The highest BCUT2D eigenvalue weighted by Gasteiger charge is 2.25. The van der Waals surface area contributed by atoms with E-state index in [9.17, 15) is 0 Å². The lowest BCUT2D eigenvalue weighted by atomic mass is 10.1. The average molecular weight is 212 g/mol. The maximum Gasteiger partial charge on any atom is 0.0218 e. The van der Waals surface area contributed by atoms with Crippen LogP contribution in [0.1, 0.15) is 46.5 Å². The lowest BCUT2D eigenvalue weighted by molar-refractivity contribution is 0.221. The van der Waals surface area contributed by atoms with Gasteiger partial charge in [-0.2, -0.15) is 0 Å². The average Bonchev–Trinajstić information content (AvgIpc) is 2.73. The first-order valence-corrected chi connectivity index (χ1v) is 6.76. The third-order valence-electron chi connectivity index (χ3n) is 3.69. The zero-order valence-corrected chi connectivity index (χ0v) is 10.8. The first-order chi connectivity index (χ1) is 7.31. The van der Waals surface area contributed by atoms with Crippen LogP contribution in [0.3, 0.4) is 0 Å². The highest BCUT2D eigenvalue weighted by molar-refractivity contribution is 4.81. The normalized spacial score (nSPS) is 24.6. The van der Waals surface area contributed by atoms with Crippen molar-refractivity contribution in [1.82, 2.24) is 10.2 Å². The molecule has 90 valence electrons. The molecule has 0 radical (unpaired) electrons. The van der Waals surface area contributed by atoms with E-state index in [1.165, 1.54) is 51.9 Å². The predicted octanol–water partition coefficient (Wildman–Crippen LogP) is 2.50. The first kappa shape index (κ1) is 13.0. The number of hydrogen-bond acceptors (Lipinski definition) is 2. The van der Waals surface area contributed by atoms with Crippen LogP contribution in [0.4, 0.5) is 0 Å². The van der Waals surface area contributed by atoms with Gasteiger partial charge in [0, 0.05) is 19.1 Å². The number of hydrogen-bond donors (Lipinski definition) is 1. The van der Waals surface area contributed by atoms with Crippen LogP contribution >= 0.6 is 0 Å². The third-order valence-corrected chi connectivity index (χ3v) is 3.69. The van der Waals surface area contributed by atoms with E-state index in [-0.39, 0.29) is 0 Å². The van der Waals surface area contributed by atoms with Crippen molar-refractivity contribution in [1.29, 1.82) is 0 Å². The summed E-state index contributed by atoms with van der Waals surface area (Å²) in [6.45, 7) is 11.9. The molecule has 0 saturated carbocycles. The molecule has 0 aromatic heterocycles. The summed E-state index contributed by atoms with van der Waals surface area (Å²) in [5.41, 5.74) is 0. The molecular formula is C13H28N2. The number of nitrogens with one attached hydrogen (secondary N) is 1. The van der Waals surface area contributed by atoms with Crippen LogP contribution in [-0.2, 0) is 0 Å². The maximum absolute atomic E-state index is 3.55. The molecule has 1 aliphatic rings. The fourth-order valence-corrected chi connectivity index (χ4v) is 2.50. The van der Waals surface area contributed by atoms with Crippen LogP contribution in [0.25, 0.3) is 0 Å². The fraction of sp³-hybridized carbons (Fsp3) is 1.00. The standard InChI is InChI=1S/C13H28N2/c1-4-8-14-10-13(6-3)15-9-7-12(5-2)11-15/h12-14H,4-11H2,1-3H3. The summed E-state index contributed by atoms with van der Waals surface area (Å²) in [4.78, 5) is 2.69. The number of nitrogens with zero attached hydrogens (tertiary/aromatic N) is 1. The Morgan fingerprint density at radius 1 is 1.33 bits per heavy atom. The van der Waals surface area contributed by atoms with Gasteiger partial charge in [-0.05, 0) is 38.3 Å². The van der Waals surface area contributed by atoms with E-state index in [4.69, 9.17) is 0 Å². The van der Waals surface area contributed by atoms with Crippen molar-refractivity contribution in [2.24, 2.45) is 5.92 Å². The second kappa shape index (κ2) is 7.24. The molecule has 2 nitrogen and oxygen atoms in total. The number of likely N-dealkylation sites (tertiary alicyclic amines) is 1. The molecule has 1 rings (SSSR count). The van der Waals surface area contributed by atoms with Crippen LogP contribution in [0, 0.1) is 5.92 Å². The minimum Gasteiger partial charge on any atom is -0.315 e. The van der Waals surface area contributed by atoms with E-state index in [0.717, 1.165) is 12.0 Å². The second-order valence-corrected chi connectivity index (χ2v) is 4.82. The number of rotatable bonds is 7. The van der Waals surface area contributed by atoms with Gasteiger partial charge < -0.3 is 5.32 Å². The Labute approximate surface area is 95.4 Å². The molecule has 0 spiro atoms. The van der Waals surface area contributed by atoms with Crippen molar-refractivity contribution in [2.75, 3.05) is 26.2 Å². The van der Waals surface area contributed by atoms with Crippen molar-refractivity contribution >= 4 is 0 Å². The Balaban J connectivity index is 2.25. The molecule has 2 unspecified atom stereocenters. The molecule has 1 saturated heterocycles. The van der Waals surface area contributed by atoms with E-state index < -0.39 is 0 Å². The highest BCUT2D eigenvalue weighted by Crippen LogP contribution is 2.21. The van der Waals surface area contributed by atoms with E-state index in [0.29, 0.717) is 0 Å². The van der Waals surface area contributed by atoms with Crippen LogP contribution < -0.4 is 5.32 Å². The smallest absolute Gasteiger partial charge is 0.0218 e. The Bertz CT molecular complexity index is 159. The van der Waals surface area contributed by atoms with Gasteiger partial charge in [0.15, 0.2) is 0 Å². The second-order valence-electron chi connectivity index (χ2n) is 4.82. The topological polar surface area (TPSA) is 15.3 Å². The van der Waals surface area contributed by atoms with Crippen LogP contribution in [-0.4, -0.2) is 37.1 Å². The quantitative estimate of drug-likeness (QED) is 0.652. The Morgan fingerprint density at radius 3 is 2.67 bits per heavy atom. The molecule has 0 aromatic rings. The lowest BCUT2D eigenvalue weighted by Gasteiger charge is -2.27. The fourth-order valence-electron chi connectivity index (χ4n) is 2.50. The summed E-state index contributed by atoms with van der Waals surface area (Å²) >= 11 is 0. The predicted molar refractivity (Wildman–Crippen MR) is 67.2 cm³/mol. The summed E-state index contributed by atoms with van der Waals surface area (Å²) in [6.07, 6.45) is 5.30. The van der Waals surface area contributed by atoms with Crippen LogP contribution in [0.15, 0.2) is 0 Å². The molecule has 1 heterocycles. The van der Waals surface area contributed by atoms with Crippen molar-refractivity contribution in [3.05, 3.63) is 0 Å². The maximum atomic E-state index is 3.55. The van der Waals surface area contributed by atoms with Gasteiger partial charge in [0.25, 0.3) is 0 Å². The SMILES string of the molecule is CCCNCC(CC)N1CCC(CC)C1. The van der Waals surface area contributed by atoms with Gasteiger partial charge >= 0.3 is 0 Å². The largest absolute Gasteiger partial charge is 0.315 e. The summed E-state index contributed by atoms with van der Waals surface area (Å²) in [7, 11) is 0. The summed E-state index contributed by atoms with van der Waals surface area (Å²) in [5, 5.41) is 3.55. The van der Waals surface area contributed by atoms with E-state index in [1.807, 2.05) is 0 Å². The zero-order chi connectivity index (χ0) is 11.1. The first-order valence-electron chi connectivity index (χ1n) is 6.76. The molecule has 0 bridgehead atoms. The third kappa shape index (κ3) is 4.12. The zero-order valence-electron chi connectivity index (χ0n) is 10.8. The van der Waals surface area contributed by atoms with Gasteiger partial charge in [-0.1, -0.05) is 27.2 Å². The van der Waals surface area contributed by atoms with E-state index in [2.05, 4.69) is 31.0 Å². The molecule has 1 N–H and O–H groups in total. The van der Waals surface area contributed by atoms with Crippen molar-refractivity contribution < 1.29 is 0 Å². The lowest BCUT2D eigenvalue weighted by Crippen LogP contribution is -2.41. The van der Waals surface area contributed by atoms with Crippen LogP contribution in [0.2, 0.25) is 0 Å². The Hall–Kier alpha value is -0.0800. The molecule has 0 amide bonds. The van der Waals surface area contributed by atoms with Gasteiger partial charge in [-0.15, -0.1) is 0 Å². The van der Waals surface area contributed by atoms with Crippen molar-refractivity contribution in [3.63, 3.8) is 0 Å². The Morgan fingerprint density at radius 2 is 2.13 bits per heavy atom. The summed E-state index contributed by atoms with van der Waals surface area (Å²) in [5.74, 6) is 0.963. The van der Waals surface area contributed by atoms with Crippen LogP contribution in [0.5, 0.6) is 0 Å². The molecule has 2 atom stereocenters.